The third-order valence-electron chi connectivity index (χ3n) is 6.79. The first kappa shape index (κ1) is 26.1. The quantitative estimate of drug-likeness (QED) is 0.313. The van der Waals surface area contributed by atoms with Crippen LogP contribution in [0.2, 0.25) is 0 Å². The molecule has 39 heavy (non-hydrogen) atoms. The van der Waals surface area contributed by atoms with E-state index in [1.54, 1.807) is 12.1 Å². The topological polar surface area (TPSA) is 178 Å². The minimum Gasteiger partial charge on any atom is -0.464 e. The molecule has 0 saturated heterocycles. The molecule has 1 aliphatic heterocycles. The number of alkyl carbamates (subject to hydrolysis) is 1. The SMILES string of the molecule is CC(C)(C)OC(=O)N[C@H]1CC[C@H](Nc2nc(N3CCc4cc([N+](=O)[O-])ccc43)c3ncn(C(=O)O)c3n2)CC1. The van der Waals surface area contributed by atoms with Crippen LogP contribution in [-0.2, 0) is 11.2 Å². The fourth-order valence-corrected chi connectivity index (χ4v) is 5.04. The summed E-state index contributed by atoms with van der Waals surface area (Å²) in [4.78, 5) is 50.1. The van der Waals surface area contributed by atoms with E-state index in [4.69, 9.17) is 9.72 Å². The monoisotopic (exact) mass is 538 g/mol. The number of amides is 1. The van der Waals surface area contributed by atoms with E-state index in [1.807, 2.05) is 25.7 Å². The zero-order chi connectivity index (χ0) is 27.9. The van der Waals surface area contributed by atoms with Crippen molar-refractivity contribution >= 4 is 46.5 Å². The summed E-state index contributed by atoms with van der Waals surface area (Å²) >= 11 is 0. The van der Waals surface area contributed by atoms with E-state index in [0.717, 1.165) is 41.5 Å². The smallest absolute Gasteiger partial charge is 0.418 e. The number of non-ortho nitro benzene ring substituents is 1. The summed E-state index contributed by atoms with van der Waals surface area (Å²) < 4.78 is 6.30. The molecule has 2 aromatic heterocycles. The van der Waals surface area contributed by atoms with Crippen molar-refractivity contribution in [1.82, 2.24) is 24.8 Å². The van der Waals surface area contributed by atoms with Crippen LogP contribution in [0.25, 0.3) is 11.2 Å². The van der Waals surface area contributed by atoms with Crippen molar-refractivity contribution in [3.63, 3.8) is 0 Å². The lowest BCUT2D eigenvalue weighted by atomic mass is 9.91. The van der Waals surface area contributed by atoms with Crippen LogP contribution in [0, 0.1) is 10.1 Å². The number of benzene rings is 1. The predicted molar refractivity (Wildman–Crippen MR) is 142 cm³/mol. The van der Waals surface area contributed by atoms with Gasteiger partial charge in [-0.05, 0) is 64.5 Å². The number of nitro benzene ring substituents is 1. The number of nitro groups is 1. The normalized spacial score (nSPS) is 19.0. The van der Waals surface area contributed by atoms with Crippen LogP contribution in [-0.4, -0.2) is 66.0 Å². The average Bonchev–Trinajstić information content (AvgIpc) is 3.47. The van der Waals surface area contributed by atoms with Gasteiger partial charge in [0.1, 0.15) is 11.9 Å². The summed E-state index contributed by atoms with van der Waals surface area (Å²) in [6, 6.07) is 4.67. The molecule has 1 saturated carbocycles. The third-order valence-corrected chi connectivity index (χ3v) is 6.79. The van der Waals surface area contributed by atoms with E-state index in [1.165, 1.54) is 12.4 Å². The van der Waals surface area contributed by atoms with E-state index < -0.39 is 22.7 Å². The number of carboxylic acid groups (broad SMARTS) is 1. The van der Waals surface area contributed by atoms with E-state index >= 15 is 0 Å². The molecule has 5 rings (SSSR count). The molecule has 0 atom stereocenters. The number of carbonyl (C=O) groups is 2. The van der Waals surface area contributed by atoms with Gasteiger partial charge in [-0.25, -0.2) is 19.1 Å². The highest BCUT2D eigenvalue weighted by Crippen LogP contribution is 2.38. The Morgan fingerprint density at radius 2 is 1.87 bits per heavy atom. The van der Waals surface area contributed by atoms with Crippen molar-refractivity contribution in [2.45, 2.75) is 70.6 Å². The zero-order valence-electron chi connectivity index (χ0n) is 21.9. The second-order valence-electron chi connectivity index (χ2n) is 10.8. The van der Waals surface area contributed by atoms with Gasteiger partial charge in [-0.3, -0.25) is 10.1 Å². The number of rotatable bonds is 5. The van der Waals surface area contributed by atoms with Crippen LogP contribution in [0.4, 0.5) is 32.7 Å². The van der Waals surface area contributed by atoms with E-state index in [0.29, 0.717) is 24.3 Å². The number of imidazole rings is 1. The van der Waals surface area contributed by atoms with E-state index in [9.17, 15) is 24.8 Å². The van der Waals surface area contributed by atoms with Gasteiger partial charge in [-0.15, -0.1) is 0 Å². The molecule has 1 amide bonds. The molecule has 0 radical (unpaired) electrons. The number of nitrogens with one attached hydrogen (secondary N) is 2. The Morgan fingerprint density at radius 1 is 1.15 bits per heavy atom. The molecule has 14 heteroatoms. The molecule has 1 aliphatic carbocycles. The number of anilines is 3. The van der Waals surface area contributed by atoms with Crippen LogP contribution in [0.5, 0.6) is 0 Å². The summed E-state index contributed by atoms with van der Waals surface area (Å²) in [6.07, 6.45) is 3.05. The highest BCUT2D eigenvalue weighted by molar-refractivity contribution is 5.93. The lowest BCUT2D eigenvalue weighted by Crippen LogP contribution is -2.42. The molecule has 1 fully saturated rings. The molecule has 14 nitrogen and oxygen atoms in total. The molecule has 3 aromatic rings. The summed E-state index contributed by atoms with van der Waals surface area (Å²) in [5.74, 6) is 0.690. The van der Waals surface area contributed by atoms with Gasteiger partial charge in [-0.2, -0.15) is 9.97 Å². The predicted octanol–water partition coefficient (Wildman–Crippen LogP) is 4.20. The Hall–Kier alpha value is -4.49. The Bertz CT molecular complexity index is 1440. The fraction of sp³-hybridized carbons (Fsp3) is 0.480. The van der Waals surface area contributed by atoms with Crippen LogP contribution >= 0.6 is 0 Å². The number of fused-ring (bicyclic) bond motifs is 2. The fourth-order valence-electron chi connectivity index (χ4n) is 5.04. The number of aromatic nitrogens is 4. The lowest BCUT2D eigenvalue weighted by Gasteiger charge is -2.30. The average molecular weight is 539 g/mol. The van der Waals surface area contributed by atoms with Crippen molar-refractivity contribution in [3.8, 4) is 0 Å². The second kappa shape index (κ2) is 10.0. The van der Waals surface area contributed by atoms with Crippen molar-refractivity contribution in [2.24, 2.45) is 0 Å². The molecule has 0 unspecified atom stereocenters. The third kappa shape index (κ3) is 5.54. The van der Waals surface area contributed by atoms with Gasteiger partial charge < -0.3 is 25.4 Å². The standard InChI is InChI=1S/C25H30N8O6/c1-25(2,3)39-23(34)28-16-6-4-15(5-7-16)27-22-29-20(19-21(30-22)32(13-26-19)24(35)36)31-11-10-14-12-17(33(37)38)8-9-18(14)31/h8-9,12-13,15-16H,4-7,10-11H2,1-3H3,(H,28,34)(H,35,36)(H,27,29,30)/t15-,16-. The maximum atomic E-state index is 12.1. The largest absolute Gasteiger partial charge is 0.464 e. The molecular weight excluding hydrogens is 508 g/mol. The number of hydrogen-bond acceptors (Lipinski definition) is 10. The summed E-state index contributed by atoms with van der Waals surface area (Å²) in [7, 11) is 0. The highest BCUT2D eigenvalue weighted by atomic mass is 16.6. The molecule has 0 spiro atoms. The van der Waals surface area contributed by atoms with E-state index in [-0.39, 0.29) is 29.4 Å². The van der Waals surface area contributed by atoms with Crippen LogP contribution < -0.4 is 15.5 Å². The van der Waals surface area contributed by atoms with Crippen molar-refractivity contribution < 1.29 is 24.4 Å². The van der Waals surface area contributed by atoms with Crippen molar-refractivity contribution in [2.75, 3.05) is 16.8 Å². The lowest BCUT2D eigenvalue weighted by molar-refractivity contribution is -0.384. The molecular formula is C25H30N8O6. The Morgan fingerprint density at radius 3 is 2.54 bits per heavy atom. The number of ether oxygens (including phenoxy) is 1. The minimum atomic E-state index is -1.22. The van der Waals surface area contributed by atoms with Gasteiger partial charge in [0.25, 0.3) is 5.69 Å². The van der Waals surface area contributed by atoms with E-state index in [2.05, 4.69) is 20.6 Å². The van der Waals surface area contributed by atoms with Crippen LogP contribution in [0.1, 0.15) is 52.0 Å². The van der Waals surface area contributed by atoms with Gasteiger partial charge in [0.2, 0.25) is 5.95 Å². The van der Waals surface area contributed by atoms with Gasteiger partial charge in [0.15, 0.2) is 17.0 Å². The van der Waals surface area contributed by atoms with Gasteiger partial charge in [-0.1, -0.05) is 0 Å². The first-order valence-corrected chi connectivity index (χ1v) is 12.8. The molecule has 0 bridgehead atoms. The Balaban J connectivity index is 1.37. The molecule has 2 aliphatic rings. The molecule has 206 valence electrons. The Labute approximate surface area is 223 Å². The summed E-state index contributed by atoms with van der Waals surface area (Å²) in [6.45, 7) is 5.96. The minimum absolute atomic E-state index is 0.00420. The second-order valence-corrected chi connectivity index (χ2v) is 10.8. The number of carbonyl (C=O) groups excluding carboxylic acids is 1. The summed E-state index contributed by atoms with van der Waals surface area (Å²) in [5, 5.41) is 27.2. The summed E-state index contributed by atoms with van der Waals surface area (Å²) in [5.41, 5.74) is 1.47. The Kier molecular flexibility index (Phi) is 6.70. The first-order chi connectivity index (χ1) is 18.5. The molecule has 1 aromatic carbocycles. The molecule has 3 N–H and O–H groups in total. The zero-order valence-corrected chi connectivity index (χ0v) is 21.9. The van der Waals surface area contributed by atoms with Crippen LogP contribution in [0.3, 0.4) is 0 Å². The maximum Gasteiger partial charge on any atom is 0.418 e. The van der Waals surface area contributed by atoms with Gasteiger partial charge in [0.05, 0.1) is 4.92 Å². The first-order valence-electron chi connectivity index (χ1n) is 12.8. The number of hydrogen-bond donors (Lipinski definition) is 3. The van der Waals surface area contributed by atoms with Gasteiger partial charge in [0, 0.05) is 36.4 Å². The van der Waals surface area contributed by atoms with Crippen molar-refractivity contribution in [3.05, 3.63) is 40.2 Å². The highest BCUT2D eigenvalue weighted by Gasteiger charge is 2.29. The van der Waals surface area contributed by atoms with Crippen LogP contribution in [0.15, 0.2) is 24.5 Å². The van der Waals surface area contributed by atoms with Crippen molar-refractivity contribution in [1.29, 1.82) is 0 Å². The maximum absolute atomic E-state index is 12.1. The van der Waals surface area contributed by atoms with Gasteiger partial charge >= 0.3 is 12.2 Å². The molecule has 3 heterocycles. The number of nitrogens with zero attached hydrogens (tertiary/aromatic N) is 6.